The van der Waals surface area contributed by atoms with Gasteiger partial charge in [0.15, 0.2) is 0 Å². The largest absolute Gasteiger partial charge is 0.465 e. The smallest absolute Gasteiger partial charge is 0.338 e. The van der Waals surface area contributed by atoms with Crippen LogP contribution in [0.2, 0.25) is 0 Å². The Kier molecular flexibility index (Phi) is 7.68. The maximum Gasteiger partial charge on any atom is 0.338 e. The Morgan fingerprint density at radius 2 is 1.61 bits per heavy atom. The minimum absolute atomic E-state index is 0.120. The van der Waals surface area contributed by atoms with Crippen LogP contribution in [0, 0.1) is 0 Å². The van der Waals surface area contributed by atoms with Gasteiger partial charge in [0.2, 0.25) is 10.0 Å². The highest BCUT2D eigenvalue weighted by molar-refractivity contribution is 7.89. The molecule has 0 aliphatic carbocycles. The molecule has 0 saturated carbocycles. The minimum atomic E-state index is -3.61. The topological polar surface area (TPSA) is 111 Å². The van der Waals surface area contributed by atoms with Crippen LogP contribution in [0.25, 0.3) is 0 Å². The number of ether oxygens (including phenoxy) is 2. The fraction of sp³-hybridized carbons (Fsp3) is 0.263. The second-order valence-corrected chi connectivity index (χ2v) is 7.52. The average Bonchev–Trinajstić information content (AvgIpc) is 2.71. The zero-order valence-electron chi connectivity index (χ0n) is 15.6. The fourth-order valence-corrected chi connectivity index (χ4v) is 3.41. The predicted octanol–water partition coefficient (Wildman–Crippen LogP) is 1.33. The number of methoxy groups -OCH3 is 2. The number of esters is 1. The summed E-state index contributed by atoms with van der Waals surface area (Å²) in [5.41, 5.74) is 1.08. The van der Waals surface area contributed by atoms with Crippen molar-refractivity contribution >= 4 is 21.9 Å². The molecule has 150 valence electrons. The summed E-state index contributed by atoms with van der Waals surface area (Å²) in [4.78, 5) is 24.3. The number of nitrogens with one attached hydrogen (secondary N) is 2. The molecule has 0 heterocycles. The molecule has 9 heteroatoms. The molecule has 2 rings (SSSR count). The molecular formula is C19H22N2O6S. The summed E-state index contributed by atoms with van der Waals surface area (Å²) in [7, 11) is -0.876. The van der Waals surface area contributed by atoms with Gasteiger partial charge in [-0.05, 0) is 29.8 Å². The molecular weight excluding hydrogens is 384 g/mol. The van der Waals surface area contributed by atoms with E-state index in [4.69, 9.17) is 4.74 Å². The van der Waals surface area contributed by atoms with Gasteiger partial charge < -0.3 is 14.8 Å². The molecule has 2 N–H and O–H groups in total. The Balaban J connectivity index is 2.02. The molecule has 2 aromatic carbocycles. The molecule has 1 amide bonds. The molecule has 0 aliphatic rings. The number of carbonyl (C=O) groups excluding carboxylic acids is 2. The van der Waals surface area contributed by atoms with Crippen LogP contribution in [-0.4, -0.2) is 47.7 Å². The van der Waals surface area contributed by atoms with Gasteiger partial charge in [0.05, 0.1) is 29.7 Å². The van der Waals surface area contributed by atoms with Gasteiger partial charge in [0, 0.05) is 20.2 Å². The summed E-state index contributed by atoms with van der Waals surface area (Å²) in [5.74, 6) is -1.03. The molecule has 0 aromatic heterocycles. The van der Waals surface area contributed by atoms with Crippen LogP contribution >= 0.6 is 0 Å². The Labute approximate surface area is 163 Å². The lowest BCUT2D eigenvalue weighted by molar-refractivity contribution is 0.0596. The number of rotatable bonds is 9. The van der Waals surface area contributed by atoms with E-state index in [1.807, 2.05) is 0 Å². The summed E-state index contributed by atoms with van der Waals surface area (Å²) >= 11 is 0. The number of sulfonamides is 1. The number of hydrogen-bond acceptors (Lipinski definition) is 6. The second kappa shape index (κ2) is 9.98. The van der Waals surface area contributed by atoms with Gasteiger partial charge in [-0.15, -0.1) is 0 Å². The Morgan fingerprint density at radius 1 is 0.964 bits per heavy atom. The molecule has 0 unspecified atom stereocenters. The van der Waals surface area contributed by atoms with Crippen molar-refractivity contribution in [3.8, 4) is 0 Å². The van der Waals surface area contributed by atoms with Crippen LogP contribution in [-0.2, 0) is 26.0 Å². The van der Waals surface area contributed by atoms with Crippen LogP contribution in [0.3, 0.4) is 0 Å². The summed E-state index contributed by atoms with van der Waals surface area (Å²) < 4.78 is 36.2. The highest BCUT2D eigenvalue weighted by atomic mass is 32.2. The van der Waals surface area contributed by atoms with Crippen LogP contribution in [0.4, 0.5) is 0 Å². The standard InChI is InChI=1S/C19H22N2O6S/c1-26-12-11-21-28(24,25)15-9-7-14(8-10-15)13-20-18(22)16-5-3-4-6-17(16)19(23)27-2/h3-10,21H,11-13H2,1-2H3,(H,20,22). The van der Waals surface area contributed by atoms with Gasteiger partial charge in [-0.3, -0.25) is 4.79 Å². The van der Waals surface area contributed by atoms with Crippen LogP contribution < -0.4 is 10.0 Å². The maximum absolute atomic E-state index is 12.4. The van der Waals surface area contributed by atoms with Gasteiger partial charge in [-0.2, -0.15) is 0 Å². The van der Waals surface area contributed by atoms with Crippen molar-refractivity contribution in [3.63, 3.8) is 0 Å². The number of carbonyl (C=O) groups is 2. The first-order chi connectivity index (χ1) is 13.4. The third-order valence-electron chi connectivity index (χ3n) is 3.86. The highest BCUT2D eigenvalue weighted by Gasteiger charge is 2.17. The molecule has 0 radical (unpaired) electrons. The van der Waals surface area contributed by atoms with E-state index in [9.17, 15) is 18.0 Å². The molecule has 0 spiro atoms. The molecule has 0 aliphatic heterocycles. The zero-order valence-corrected chi connectivity index (χ0v) is 16.4. The first-order valence-corrected chi connectivity index (χ1v) is 9.90. The van der Waals surface area contributed by atoms with Crippen molar-refractivity contribution in [3.05, 3.63) is 65.2 Å². The first-order valence-electron chi connectivity index (χ1n) is 8.42. The first kappa shape index (κ1) is 21.5. The van der Waals surface area contributed by atoms with Gasteiger partial charge in [0.1, 0.15) is 0 Å². The summed E-state index contributed by atoms with van der Waals surface area (Å²) in [5, 5.41) is 2.71. The quantitative estimate of drug-likeness (QED) is 0.480. The molecule has 0 bridgehead atoms. The Hall–Kier alpha value is -2.75. The summed E-state index contributed by atoms with van der Waals surface area (Å²) in [6, 6.07) is 12.5. The van der Waals surface area contributed by atoms with Crippen LogP contribution in [0.15, 0.2) is 53.4 Å². The van der Waals surface area contributed by atoms with E-state index in [1.54, 1.807) is 24.3 Å². The van der Waals surface area contributed by atoms with E-state index in [-0.39, 0.29) is 35.7 Å². The molecule has 2 aromatic rings. The number of amides is 1. The lowest BCUT2D eigenvalue weighted by Gasteiger charge is -2.10. The number of hydrogen-bond donors (Lipinski definition) is 2. The monoisotopic (exact) mass is 406 g/mol. The minimum Gasteiger partial charge on any atom is -0.465 e. The zero-order chi connectivity index (χ0) is 20.6. The van der Waals surface area contributed by atoms with E-state index in [0.29, 0.717) is 5.56 Å². The highest BCUT2D eigenvalue weighted by Crippen LogP contribution is 2.12. The van der Waals surface area contributed by atoms with Crippen molar-refractivity contribution in [1.82, 2.24) is 10.0 Å². The lowest BCUT2D eigenvalue weighted by atomic mass is 10.1. The average molecular weight is 406 g/mol. The van der Waals surface area contributed by atoms with Crippen molar-refractivity contribution in [2.24, 2.45) is 0 Å². The van der Waals surface area contributed by atoms with Crippen molar-refractivity contribution in [2.45, 2.75) is 11.4 Å². The Morgan fingerprint density at radius 3 is 2.21 bits per heavy atom. The maximum atomic E-state index is 12.4. The van der Waals surface area contributed by atoms with Crippen molar-refractivity contribution in [1.29, 1.82) is 0 Å². The molecule has 0 atom stereocenters. The molecule has 0 saturated heterocycles. The molecule has 8 nitrogen and oxygen atoms in total. The Bertz CT molecular complexity index is 926. The van der Waals surface area contributed by atoms with E-state index in [0.717, 1.165) is 0 Å². The summed E-state index contributed by atoms with van der Waals surface area (Å²) in [6.07, 6.45) is 0. The number of benzene rings is 2. The third kappa shape index (κ3) is 5.62. The molecule has 0 fully saturated rings. The van der Waals surface area contributed by atoms with Gasteiger partial charge in [-0.25, -0.2) is 17.9 Å². The van der Waals surface area contributed by atoms with Gasteiger partial charge in [0.25, 0.3) is 5.91 Å². The van der Waals surface area contributed by atoms with Gasteiger partial charge >= 0.3 is 5.97 Å². The van der Waals surface area contributed by atoms with E-state index in [2.05, 4.69) is 14.8 Å². The van der Waals surface area contributed by atoms with Crippen LogP contribution in [0.1, 0.15) is 26.3 Å². The second-order valence-electron chi connectivity index (χ2n) is 5.75. The van der Waals surface area contributed by atoms with E-state index >= 15 is 0 Å². The fourth-order valence-electron chi connectivity index (χ4n) is 2.39. The van der Waals surface area contributed by atoms with E-state index in [1.165, 1.54) is 38.5 Å². The normalized spacial score (nSPS) is 11.1. The van der Waals surface area contributed by atoms with Gasteiger partial charge in [-0.1, -0.05) is 24.3 Å². The van der Waals surface area contributed by atoms with E-state index < -0.39 is 21.9 Å². The lowest BCUT2D eigenvalue weighted by Crippen LogP contribution is -2.27. The van der Waals surface area contributed by atoms with Crippen LogP contribution in [0.5, 0.6) is 0 Å². The van der Waals surface area contributed by atoms with Crippen molar-refractivity contribution < 1.29 is 27.5 Å². The summed E-state index contributed by atoms with van der Waals surface area (Å²) in [6.45, 7) is 0.623. The molecule has 28 heavy (non-hydrogen) atoms. The SMILES string of the molecule is COCCNS(=O)(=O)c1ccc(CNC(=O)c2ccccc2C(=O)OC)cc1. The third-order valence-corrected chi connectivity index (χ3v) is 5.34. The predicted molar refractivity (Wildman–Crippen MR) is 102 cm³/mol. The van der Waals surface area contributed by atoms with Crippen molar-refractivity contribution in [2.75, 3.05) is 27.4 Å².